The molecule has 300 valence electrons. The van der Waals surface area contributed by atoms with Gasteiger partial charge in [-0.3, -0.25) is 14.4 Å². The van der Waals surface area contributed by atoms with Gasteiger partial charge in [0.25, 0.3) is 15.9 Å². The predicted molar refractivity (Wildman–Crippen MR) is 211 cm³/mol. The molecule has 5 N–H and O–H groups in total. The third-order valence-electron chi connectivity index (χ3n) is 9.75. The Labute approximate surface area is 331 Å². The lowest BCUT2D eigenvalue weighted by Gasteiger charge is -2.30. The summed E-state index contributed by atoms with van der Waals surface area (Å²) >= 11 is 0. The highest BCUT2D eigenvalue weighted by atomic mass is 32.2. The number of benzene rings is 3. The minimum Gasteiger partial charge on any atom is -0.497 e. The lowest BCUT2D eigenvalue weighted by Crippen LogP contribution is -2.59. The Morgan fingerprint density at radius 2 is 1.72 bits per heavy atom. The van der Waals surface area contributed by atoms with Gasteiger partial charge in [-0.2, -0.15) is 0 Å². The summed E-state index contributed by atoms with van der Waals surface area (Å²) < 4.78 is 45.8. The monoisotopic (exact) mass is 798 g/mol. The SMILES string of the molecule is C=C[C@@H]1C[C@]1(NC(=O)[C@@H]1CC(Oc2cc(-c3ccccc3)nc3cc(OC)ccc23)CN1C(=O)[C@H](CN)NC(=O)OC(C)(C)C)C(=O)NS(=O)(=O)c1ccccc1. The summed E-state index contributed by atoms with van der Waals surface area (Å²) in [6.07, 6.45) is -0.172. The molecule has 16 heteroatoms. The molecule has 15 nitrogen and oxygen atoms in total. The third-order valence-corrected chi connectivity index (χ3v) is 11.1. The van der Waals surface area contributed by atoms with E-state index in [1.807, 2.05) is 30.3 Å². The van der Waals surface area contributed by atoms with Crippen LogP contribution in [0.3, 0.4) is 0 Å². The van der Waals surface area contributed by atoms with E-state index in [1.54, 1.807) is 58.2 Å². The summed E-state index contributed by atoms with van der Waals surface area (Å²) in [7, 11) is -2.74. The average molecular weight is 799 g/mol. The molecule has 1 saturated heterocycles. The van der Waals surface area contributed by atoms with E-state index in [1.165, 1.54) is 35.2 Å². The van der Waals surface area contributed by atoms with Crippen molar-refractivity contribution in [1.29, 1.82) is 0 Å². The van der Waals surface area contributed by atoms with Crippen molar-refractivity contribution in [3.05, 3.63) is 97.6 Å². The van der Waals surface area contributed by atoms with Gasteiger partial charge in [0.2, 0.25) is 11.8 Å². The van der Waals surface area contributed by atoms with Crippen LogP contribution in [-0.2, 0) is 29.1 Å². The van der Waals surface area contributed by atoms with Gasteiger partial charge in [0, 0.05) is 42.0 Å². The Balaban J connectivity index is 1.32. The fourth-order valence-corrected chi connectivity index (χ4v) is 7.85. The number of hydrogen-bond donors (Lipinski definition) is 4. The molecule has 2 heterocycles. The normalized spacial score (nSPS) is 20.9. The Kier molecular flexibility index (Phi) is 11.6. The first-order valence-corrected chi connectivity index (χ1v) is 19.8. The van der Waals surface area contributed by atoms with Gasteiger partial charge in [0.05, 0.1) is 29.8 Å². The number of likely N-dealkylation sites (tertiary alicyclic amines) is 1. The van der Waals surface area contributed by atoms with Gasteiger partial charge in [0.15, 0.2) is 0 Å². The molecule has 1 unspecified atom stereocenters. The second kappa shape index (κ2) is 16.2. The van der Waals surface area contributed by atoms with Crippen molar-refractivity contribution in [2.45, 2.75) is 67.8 Å². The molecule has 2 aliphatic rings. The summed E-state index contributed by atoms with van der Waals surface area (Å²) in [4.78, 5) is 61.0. The van der Waals surface area contributed by atoms with Crippen molar-refractivity contribution in [3.8, 4) is 22.8 Å². The highest BCUT2D eigenvalue weighted by Crippen LogP contribution is 2.45. The number of hydrogen-bond acceptors (Lipinski definition) is 11. The molecule has 1 aliphatic heterocycles. The van der Waals surface area contributed by atoms with Gasteiger partial charge in [-0.15, -0.1) is 6.58 Å². The van der Waals surface area contributed by atoms with E-state index < -0.39 is 69.1 Å². The summed E-state index contributed by atoms with van der Waals surface area (Å²) in [5.74, 6) is -1.98. The summed E-state index contributed by atoms with van der Waals surface area (Å²) in [6.45, 7) is 8.34. The molecule has 57 heavy (non-hydrogen) atoms. The number of pyridine rings is 1. The quantitative estimate of drug-likeness (QED) is 0.144. The first-order valence-electron chi connectivity index (χ1n) is 18.3. The Hall–Kier alpha value is -6.00. The maximum absolute atomic E-state index is 14.4. The number of carbonyl (C=O) groups is 4. The number of nitrogens with two attached hydrogens (primary N) is 1. The molecule has 1 aromatic heterocycles. The number of alkyl carbamates (subject to hydrolysis) is 1. The van der Waals surface area contributed by atoms with Crippen LogP contribution in [0.1, 0.15) is 33.6 Å². The van der Waals surface area contributed by atoms with Crippen LogP contribution < -0.4 is 30.6 Å². The van der Waals surface area contributed by atoms with E-state index in [9.17, 15) is 27.6 Å². The number of rotatable bonds is 13. The Morgan fingerprint density at radius 1 is 1.04 bits per heavy atom. The summed E-state index contributed by atoms with van der Waals surface area (Å²) in [6, 6.07) is 21.4. The van der Waals surface area contributed by atoms with Crippen LogP contribution in [0.15, 0.2) is 102 Å². The summed E-state index contributed by atoms with van der Waals surface area (Å²) in [5.41, 5.74) is 5.48. The molecule has 0 radical (unpaired) electrons. The minimum atomic E-state index is -4.29. The van der Waals surface area contributed by atoms with E-state index in [0.717, 1.165) is 5.56 Å². The van der Waals surface area contributed by atoms with Crippen molar-refractivity contribution in [1.82, 2.24) is 25.2 Å². The van der Waals surface area contributed by atoms with Crippen LogP contribution in [0.2, 0.25) is 0 Å². The van der Waals surface area contributed by atoms with Crippen LogP contribution >= 0.6 is 0 Å². The minimum absolute atomic E-state index is 0.0410. The number of methoxy groups -OCH3 is 1. The first kappa shape index (κ1) is 40.7. The average Bonchev–Trinajstić information content (AvgIpc) is 3.75. The molecular weight excluding hydrogens is 753 g/mol. The largest absolute Gasteiger partial charge is 0.497 e. The second-order valence-corrected chi connectivity index (χ2v) is 16.6. The van der Waals surface area contributed by atoms with Crippen molar-refractivity contribution in [3.63, 3.8) is 0 Å². The van der Waals surface area contributed by atoms with Crippen molar-refractivity contribution >= 4 is 44.7 Å². The highest BCUT2D eigenvalue weighted by molar-refractivity contribution is 7.90. The van der Waals surface area contributed by atoms with E-state index in [-0.39, 0.29) is 30.8 Å². The molecule has 1 saturated carbocycles. The van der Waals surface area contributed by atoms with Gasteiger partial charge >= 0.3 is 6.09 Å². The molecule has 0 spiro atoms. The van der Waals surface area contributed by atoms with E-state index in [4.69, 9.17) is 24.9 Å². The number of amides is 4. The highest BCUT2D eigenvalue weighted by Gasteiger charge is 2.61. The maximum atomic E-state index is 14.4. The van der Waals surface area contributed by atoms with E-state index in [0.29, 0.717) is 28.1 Å². The molecule has 5 atom stereocenters. The molecule has 3 aromatic carbocycles. The molecule has 0 bridgehead atoms. The van der Waals surface area contributed by atoms with E-state index >= 15 is 0 Å². The molecular formula is C41H46N6O9S. The zero-order chi connectivity index (χ0) is 41.1. The number of nitrogens with one attached hydrogen (secondary N) is 3. The number of fused-ring (bicyclic) bond motifs is 1. The van der Waals surface area contributed by atoms with Crippen molar-refractivity contribution in [2.75, 3.05) is 20.2 Å². The summed E-state index contributed by atoms with van der Waals surface area (Å²) in [5, 5.41) is 5.91. The smallest absolute Gasteiger partial charge is 0.408 e. The van der Waals surface area contributed by atoms with Gasteiger partial charge in [0.1, 0.15) is 40.8 Å². The van der Waals surface area contributed by atoms with Gasteiger partial charge in [-0.1, -0.05) is 54.6 Å². The fourth-order valence-electron chi connectivity index (χ4n) is 6.79. The zero-order valence-electron chi connectivity index (χ0n) is 32.1. The van der Waals surface area contributed by atoms with Crippen molar-refractivity contribution < 1.29 is 41.8 Å². The number of nitrogens with zero attached hydrogens (tertiary/aromatic N) is 2. The lowest BCUT2D eigenvalue weighted by atomic mass is 10.1. The van der Waals surface area contributed by atoms with Crippen LogP contribution in [-0.4, -0.2) is 91.6 Å². The standard InChI is InChI=1S/C41H46N6O9S/c1-6-26-22-41(26,38(50)46-57(52,53)29-15-11-8-12-16-29)45-36(48)34-20-28(24-47(34)37(49)33(23-42)44-39(51)56-40(2,3)4)55-35-21-31(25-13-9-7-10-14-25)43-32-19-27(54-5)17-18-30(32)35/h6-19,21,26,28,33-34H,1,20,22-24,42H2,2-5H3,(H,44,51)(H,45,48)(H,46,50)/t26-,28?,33+,34+,41-/m1/s1. The maximum Gasteiger partial charge on any atom is 0.408 e. The molecule has 1 aliphatic carbocycles. The fraction of sp³-hybridized carbons (Fsp3) is 0.341. The molecule has 6 rings (SSSR count). The number of sulfonamides is 1. The number of carbonyl (C=O) groups excluding carboxylic acids is 4. The number of aromatic nitrogens is 1. The topological polar surface area (TPSA) is 208 Å². The van der Waals surface area contributed by atoms with Crippen LogP contribution in [0.25, 0.3) is 22.2 Å². The van der Waals surface area contributed by atoms with Crippen LogP contribution in [0, 0.1) is 5.92 Å². The molecule has 2 fully saturated rings. The van der Waals surface area contributed by atoms with Crippen molar-refractivity contribution in [2.24, 2.45) is 11.7 Å². The third kappa shape index (κ3) is 9.02. The Morgan fingerprint density at radius 3 is 2.33 bits per heavy atom. The predicted octanol–water partition coefficient (Wildman–Crippen LogP) is 3.68. The van der Waals surface area contributed by atoms with E-state index in [2.05, 4.69) is 21.9 Å². The molecule has 4 amide bonds. The second-order valence-electron chi connectivity index (χ2n) is 14.9. The van der Waals surface area contributed by atoms with Gasteiger partial charge < -0.3 is 35.5 Å². The van der Waals surface area contributed by atoms with Gasteiger partial charge in [-0.05, 0) is 51.5 Å². The first-order chi connectivity index (χ1) is 27.1. The van der Waals surface area contributed by atoms with Crippen LogP contribution in [0.4, 0.5) is 4.79 Å². The molecule has 4 aromatic rings. The van der Waals surface area contributed by atoms with Crippen LogP contribution in [0.5, 0.6) is 11.5 Å². The van der Waals surface area contributed by atoms with Gasteiger partial charge in [-0.25, -0.2) is 22.9 Å². The number of ether oxygens (including phenoxy) is 3. The Bertz CT molecular complexity index is 2280. The lowest BCUT2D eigenvalue weighted by molar-refractivity contribution is -0.141. The zero-order valence-corrected chi connectivity index (χ0v) is 32.9.